The van der Waals surface area contributed by atoms with E-state index in [0.717, 1.165) is 11.1 Å². The number of benzene rings is 2. The second-order valence-corrected chi connectivity index (χ2v) is 7.05. The molecule has 2 N–H and O–H groups in total. The summed E-state index contributed by atoms with van der Waals surface area (Å²) in [7, 11) is 0. The summed E-state index contributed by atoms with van der Waals surface area (Å²) in [5.41, 5.74) is 1.66. The third-order valence-electron chi connectivity index (χ3n) is 4.62. The van der Waals surface area contributed by atoms with Crippen LogP contribution in [0, 0.1) is 0 Å². The lowest BCUT2D eigenvalue weighted by atomic mass is 10.2. The Kier molecular flexibility index (Phi) is 6.07. The molecule has 0 aliphatic carbocycles. The van der Waals surface area contributed by atoms with Gasteiger partial charge in [0.25, 0.3) is 0 Å². The Morgan fingerprint density at radius 2 is 1.35 bits per heavy atom. The minimum atomic E-state index is -0.255. The fraction of sp³-hybridized carbons (Fsp3) is 0.217. The Labute approximate surface area is 179 Å². The summed E-state index contributed by atoms with van der Waals surface area (Å²) in [6, 6.07) is 10.7. The zero-order chi connectivity index (χ0) is 21.6. The van der Waals surface area contributed by atoms with Crippen molar-refractivity contribution < 1.29 is 28.5 Å². The van der Waals surface area contributed by atoms with E-state index < -0.39 is 0 Å². The van der Waals surface area contributed by atoms with Crippen LogP contribution in [0.15, 0.2) is 48.6 Å². The maximum Gasteiger partial charge on any atom is 0.244 e. The number of nitrogens with one attached hydrogen (secondary N) is 2. The number of hydrogen-bond acceptors (Lipinski definition) is 6. The molecule has 0 unspecified atom stereocenters. The summed E-state index contributed by atoms with van der Waals surface area (Å²) in [6.07, 6.45) is 6.26. The molecule has 2 aromatic carbocycles. The third-order valence-corrected chi connectivity index (χ3v) is 4.62. The Bertz CT molecular complexity index is 1050. The molecule has 160 valence electrons. The molecular weight excluding hydrogens is 400 g/mol. The molecule has 0 fully saturated rings. The normalized spacial score (nSPS) is 14.7. The molecule has 0 spiro atoms. The van der Waals surface area contributed by atoms with Crippen LogP contribution in [-0.2, 0) is 9.59 Å². The van der Waals surface area contributed by atoms with Crippen molar-refractivity contribution in [1.82, 2.24) is 10.6 Å². The number of amides is 2. The average Bonchev–Trinajstić information content (AvgIpc) is 3.43. The van der Waals surface area contributed by atoms with Gasteiger partial charge in [-0.25, -0.2) is 0 Å². The molecule has 1 atom stereocenters. The van der Waals surface area contributed by atoms with E-state index in [-0.39, 0.29) is 31.4 Å². The van der Waals surface area contributed by atoms with E-state index in [1.165, 1.54) is 12.2 Å². The summed E-state index contributed by atoms with van der Waals surface area (Å²) in [5.74, 6) is 2.20. The van der Waals surface area contributed by atoms with Gasteiger partial charge in [-0.1, -0.05) is 12.1 Å². The first-order valence-corrected chi connectivity index (χ1v) is 9.80. The standard InChI is InChI=1S/C23H22N2O6/c1-15(25-23(27)9-5-17-3-7-19-21(11-17)31-14-29-19)12-24-22(26)8-4-16-2-6-18-20(10-16)30-13-28-18/h2-11,15H,12-14H2,1H3,(H,24,26)(H,25,27)/b8-4+,9-5-/t15-/m0/s1. The minimum absolute atomic E-state index is 0.206. The van der Waals surface area contributed by atoms with Gasteiger partial charge in [0.15, 0.2) is 23.0 Å². The zero-order valence-corrected chi connectivity index (χ0v) is 16.9. The van der Waals surface area contributed by atoms with Gasteiger partial charge in [-0.2, -0.15) is 0 Å². The molecular formula is C23H22N2O6. The van der Waals surface area contributed by atoms with E-state index in [1.54, 1.807) is 30.4 Å². The van der Waals surface area contributed by atoms with Crippen molar-refractivity contribution in [3.05, 3.63) is 59.7 Å². The van der Waals surface area contributed by atoms with Crippen LogP contribution in [0.25, 0.3) is 12.2 Å². The van der Waals surface area contributed by atoms with Crippen LogP contribution in [0.5, 0.6) is 23.0 Å². The molecule has 8 heteroatoms. The number of ether oxygens (including phenoxy) is 4. The van der Waals surface area contributed by atoms with Crippen LogP contribution in [0.2, 0.25) is 0 Å². The second-order valence-electron chi connectivity index (χ2n) is 7.05. The van der Waals surface area contributed by atoms with Crippen molar-refractivity contribution in [3.8, 4) is 23.0 Å². The van der Waals surface area contributed by atoms with E-state index in [1.807, 2.05) is 25.1 Å². The lowest BCUT2D eigenvalue weighted by Gasteiger charge is -2.12. The lowest BCUT2D eigenvalue weighted by molar-refractivity contribution is -0.118. The predicted octanol–water partition coefficient (Wildman–Crippen LogP) is 2.49. The molecule has 4 rings (SSSR count). The molecule has 0 aromatic heterocycles. The Balaban J connectivity index is 1.20. The topological polar surface area (TPSA) is 95.1 Å². The van der Waals surface area contributed by atoms with Crippen molar-refractivity contribution in [2.75, 3.05) is 20.1 Å². The molecule has 0 saturated carbocycles. The average molecular weight is 422 g/mol. The van der Waals surface area contributed by atoms with Gasteiger partial charge in [0.1, 0.15) is 0 Å². The minimum Gasteiger partial charge on any atom is -0.454 e. The first kappa shape index (κ1) is 20.3. The van der Waals surface area contributed by atoms with Crippen molar-refractivity contribution >= 4 is 24.0 Å². The molecule has 2 aromatic rings. The molecule has 0 bridgehead atoms. The van der Waals surface area contributed by atoms with E-state index in [4.69, 9.17) is 18.9 Å². The highest BCUT2D eigenvalue weighted by atomic mass is 16.7. The first-order valence-electron chi connectivity index (χ1n) is 9.80. The van der Waals surface area contributed by atoms with Crippen molar-refractivity contribution in [3.63, 3.8) is 0 Å². The fourth-order valence-corrected chi connectivity index (χ4v) is 3.03. The van der Waals surface area contributed by atoms with Crippen molar-refractivity contribution in [1.29, 1.82) is 0 Å². The van der Waals surface area contributed by atoms with Crippen molar-refractivity contribution in [2.24, 2.45) is 0 Å². The van der Waals surface area contributed by atoms with Crippen LogP contribution in [-0.4, -0.2) is 38.0 Å². The van der Waals surface area contributed by atoms with Gasteiger partial charge in [-0.3, -0.25) is 9.59 Å². The molecule has 2 aliphatic heterocycles. The van der Waals surface area contributed by atoms with E-state index in [0.29, 0.717) is 29.5 Å². The highest BCUT2D eigenvalue weighted by molar-refractivity contribution is 5.93. The molecule has 0 radical (unpaired) electrons. The maximum atomic E-state index is 12.1. The Morgan fingerprint density at radius 3 is 1.94 bits per heavy atom. The number of carbonyl (C=O) groups excluding carboxylic acids is 2. The van der Waals surface area contributed by atoms with Crippen LogP contribution in [0.4, 0.5) is 0 Å². The van der Waals surface area contributed by atoms with Gasteiger partial charge in [-0.15, -0.1) is 0 Å². The lowest BCUT2D eigenvalue weighted by Crippen LogP contribution is -2.40. The summed E-state index contributed by atoms with van der Waals surface area (Å²) in [4.78, 5) is 24.1. The summed E-state index contributed by atoms with van der Waals surface area (Å²) in [6.45, 7) is 2.53. The second kappa shape index (κ2) is 9.25. The number of hydrogen-bond donors (Lipinski definition) is 2. The summed E-state index contributed by atoms with van der Waals surface area (Å²) < 4.78 is 21.2. The van der Waals surface area contributed by atoms with E-state index in [9.17, 15) is 9.59 Å². The zero-order valence-electron chi connectivity index (χ0n) is 16.9. The number of fused-ring (bicyclic) bond motifs is 2. The number of rotatable bonds is 7. The SMILES string of the molecule is C[C@@H](CNC(=O)/C=C/c1ccc2c(c1)OCO2)NC(=O)/C=C\c1ccc2c(c1)OCO2. The fourth-order valence-electron chi connectivity index (χ4n) is 3.03. The van der Waals surface area contributed by atoms with E-state index in [2.05, 4.69) is 10.6 Å². The van der Waals surface area contributed by atoms with Crippen LogP contribution >= 0.6 is 0 Å². The van der Waals surface area contributed by atoms with Gasteiger partial charge >= 0.3 is 0 Å². The Hall–Kier alpha value is -3.94. The smallest absolute Gasteiger partial charge is 0.244 e. The highest BCUT2D eigenvalue weighted by Gasteiger charge is 2.13. The summed E-state index contributed by atoms with van der Waals surface area (Å²) in [5, 5.41) is 5.57. The van der Waals surface area contributed by atoms with Gasteiger partial charge in [0, 0.05) is 24.7 Å². The highest BCUT2D eigenvalue weighted by Crippen LogP contribution is 2.33. The molecule has 2 aliphatic rings. The maximum absolute atomic E-state index is 12.1. The van der Waals surface area contributed by atoms with Gasteiger partial charge in [0.2, 0.25) is 25.4 Å². The van der Waals surface area contributed by atoms with Crippen LogP contribution in [0.3, 0.4) is 0 Å². The third kappa shape index (κ3) is 5.36. The molecule has 0 saturated heterocycles. The molecule has 2 heterocycles. The van der Waals surface area contributed by atoms with Crippen molar-refractivity contribution in [2.45, 2.75) is 13.0 Å². The largest absolute Gasteiger partial charge is 0.454 e. The van der Waals surface area contributed by atoms with E-state index >= 15 is 0 Å². The van der Waals surface area contributed by atoms with Crippen LogP contribution in [0.1, 0.15) is 18.1 Å². The van der Waals surface area contributed by atoms with Gasteiger partial charge in [-0.05, 0) is 54.5 Å². The Morgan fingerprint density at radius 1 is 0.839 bits per heavy atom. The molecule has 31 heavy (non-hydrogen) atoms. The number of carbonyl (C=O) groups is 2. The quantitative estimate of drug-likeness (QED) is 0.666. The predicted molar refractivity (Wildman–Crippen MR) is 114 cm³/mol. The summed E-state index contributed by atoms with van der Waals surface area (Å²) >= 11 is 0. The van der Waals surface area contributed by atoms with Gasteiger partial charge in [0.05, 0.1) is 0 Å². The molecule has 2 amide bonds. The first-order chi connectivity index (χ1) is 15.1. The van der Waals surface area contributed by atoms with Crippen LogP contribution < -0.4 is 29.6 Å². The molecule has 8 nitrogen and oxygen atoms in total. The van der Waals surface area contributed by atoms with Gasteiger partial charge < -0.3 is 29.6 Å². The monoisotopic (exact) mass is 422 g/mol.